The van der Waals surface area contributed by atoms with Crippen molar-refractivity contribution in [3.05, 3.63) is 42.4 Å². The van der Waals surface area contributed by atoms with Gasteiger partial charge in [0, 0.05) is 63.9 Å². The molecule has 1 amide bonds. The first-order chi connectivity index (χ1) is 18.0. The van der Waals surface area contributed by atoms with Gasteiger partial charge in [0.15, 0.2) is 5.65 Å². The molecular formula is C26H32N8O3. The molecule has 11 nitrogen and oxygen atoms in total. The van der Waals surface area contributed by atoms with Crippen LogP contribution < -0.4 is 10.6 Å². The molecule has 194 valence electrons. The van der Waals surface area contributed by atoms with Crippen LogP contribution in [0.15, 0.2) is 36.8 Å². The summed E-state index contributed by atoms with van der Waals surface area (Å²) in [5, 5.41) is 10.7. The van der Waals surface area contributed by atoms with Gasteiger partial charge in [0.25, 0.3) is 5.91 Å². The monoisotopic (exact) mass is 504 g/mol. The molecule has 0 radical (unpaired) electrons. The highest BCUT2D eigenvalue weighted by molar-refractivity contribution is 6.00. The van der Waals surface area contributed by atoms with E-state index in [0.717, 1.165) is 54.4 Å². The number of ether oxygens (including phenoxy) is 2. The van der Waals surface area contributed by atoms with Crippen LogP contribution in [0.1, 0.15) is 29.2 Å². The molecule has 1 saturated carbocycles. The fraction of sp³-hybridized carbons (Fsp3) is 0.462. The highest BCUT2D eigenvalue weighted by Gasteiger charge is 2.35. The number of fused-ring (bicyclic) bond motifs is 2. The van der Waals surface area contributed by atoms with Crippen LogP contribution in [0.3, 0.4) is 0 Å². The molecule has 4 atom stereocenters. The van der Waals surface area contributed by atoms with E-state index >= 15 is 0 Å². The zero-order valence-electron chi connectivity index (χ0n) is 21.5. The summed E-state index contributed by atoms with van der Waals surface area (Å²) < 4.78 is 15.1. The minimum absolute atomic E-state index is 0.00336. The van der Waals surface area contributed by atoms with Crippen molar-refractivity contribution >= 4 is 17.4 Å². The second kappa shape index (κ2) is 9.40. The smallest absolute Gasteiger partial charge is 0.257 e. The average molecular weight is 505 g/mol. The van der Waals surface area contributed by atoms with Crippen molar-refractivity contribution in [2.24, 2.45) is 0 Å². The molecule has 37 heavy (non-hydrogen) atoms. The Morgan fingerprint density at radius 3 is 2.68 bits per heavy atom. The molecule has 3 aliphatic heterocycles. The van der Waals surface area contributed by atoms with E-state index in [9.17, 15) is 4.79 Å². The Bertz CT molecular complexity index is 1410. The summed E-state index contributed by atoms with van der Waals surface area (Å²) in [6.07, 6.45) is 7.48. The molecule has 2 fully saturated rings. The summed E-state index contributed by atoms with van der Waals surface area (Å²) >= 11 is 0. The van der Waals surface area contributed by atoms with E-state index in [1.54, 1.807) is 24.9 Å². The topological polar surface area (TPSA) is 111 Å². The molecule has 1 aliphatic carbocycles. The molecule has 6 rings (SSSR count). The number of pyridine rings is 1. The maximum atomic E-state index is 13.2. The standard InChI is InChI=1S/C26H32N8O3/c1-27-23-10-19(30-25-17(12-29-34(23)25)26(35)31-18-7-8-21(18)36-3)16-11-28-24-15(16)6-5-9-33(24)20-13-32(2)14-22(20)37-4/h5-6,9-12,18,20-22,27H,7-8,13-14H2,1-4H3,(H,31,35)/t18-,20-,21-,22-/m0/s1. The third-order valence-corrected chi connectivity index (χ3v) is 7.76. The lowest BCUT2D eigenvalue weighted by Gasteiger charge is -2.35. The molecule has 2 N–H and O–H groups in total. The van der Waals surface area contributed by atoms with Gasteiger partial charge >= 0.3 is 0 Å². The molecule has 5 heterocycles. The largest absolute Gasteiger partial charge is 0.379 e. The predicted molar refractivity (Wildman–Crippen MR) is 139 cm³/mol. The van der Waals surface area contributed by atoms with Crippen LogP contribution >= 0.6 is 0 Å². The number of carbonyl (C=O) groups is 1. The van der Waals surface area contributed by atoms with E-state index < -0.39 is 0 Å². The molecule has 0 spiro atoms. The predicted octanol–water partition coefficient (Wildman–Crippen LogP) is 2.15. The van der Waals surface area contributed by atoms with Gasteiger partial charge in [-0.2, -0.15) is 9.61 Å². The van der Waals surface area contributed by atoms with Crippen molar-refractivity contribution in [2.75, 3.05) is 46.7 Å². The van der Waals surface area contributed by atoms with Crippen LogP contribution in [0.4, 0.5) is 5.82 Å². The Labute approximate surface area is 215 Å². The van der Waals surface area contributed by atoms with E-state index in [1.807, 2.05) is 25.4 Å². The van der Waals surface area contributed by atoms with E-state index in [0.29, 0.717) is 11.2 Å². The van der Waals surface area contributed by atoms with Crippen LogP contribution in [0.25, 0.3) is 28.3 Å². The maximum absolute atomic E-state index is 13.2. The van der Waals surface area contributed by atoms with Gasteiger partial charge in [-0.1, -0.05) is 0 Å². The Balaban J connectivity index is 1.38. The normalized spacial score (nSPS) is 24.0. The third-order valence-electron chi connectivity index (χ3n) is 7.76. The first-order valence-corrected chi connectivity index (χ1v) is 12.6. The minimum Gasteiger partial charge on any atom is -0.379 e. The quantitative estimate of drug-likeness (QED) is 0.394. The van der Waals surface area contributed by atoms with Crippen molar-refractivity contribution in [1.82, 2.24) is 34.4 Å². The molecule has 0 unspecified atom stereocenters. The fourth-order valence-electron chi connectivity index (χ4n) is 5.57. The molecule has 0 bridgehead atoms. The van der Waals surface area contributed by atoms with Gasteiger partial charge in [-0.25, -0.2) is 9.97 Å². The Kier molecular flexibility index (Phi) is 6.06. The van der Waals surface area contributed by atoms with Crippen molar-refractivity contribution in [2.45, 2.75) is 37.1 Å². The molecule has 2 aromatic heterocycles. The van der Waals surface area contributed by atoms with Crippen LogP contribution in [-0.4, -0.2) is 94.6 Å². The summed E-state index contributed by atoms with van der Waals surface area (Å²) in [6, 6.07) is 6.20. The number of hydrogen-bond donors (Lipinski definition) is 2. The first kappa shape index (κ1) is 23.8. The highest BCUT2D eigenvalue weighted by Crippen LogP contribution is 2.37. The molecule has 1 saturated heterocycles. The number of amides is 1. The van der Waals surface area contributed by atoms with Crippen molar-refractivity contribution in [1.29, 1.82) is 0 Å². The number of methoxy groups -OCH3 is 2. The lowest BCUT2D eigenvalue weighted by molar-refractivity contribution is 0.00732. The van der Waals surface area contributed by atoms with Crippen LogP contribution in [0.2, 0.25) is 0 Å². The Morgan fingerprint density at radius 1 is 1.11 bits per heavy atom. The fourth-order valence-corrected chi connectivity index (χ4v) is 5.57. The summed E-state index contributed by atoms with van der Waals surface area (Å²) in [5.74, 6) is 1.41. The van der Waals surface area contributed by atoms with Gasteiger partial charge in [-0.05, 0) is 32.0 Å². The van der Waals surface area contributed by atoms with Gasteiger partial charge in [0.05, 0.1) is 36.2 Å². The SMILES string of the molecule is CNc1cc(-c2cnc3n([C@H]4CN(C)C[C@@H]4OC)cccc2-3)nc2c(C(=O)N[C@H]3CC[C@@H]3OC)cnn12. The summed E-state index contributed by atoms with van der Waals surface area (Å²) in [5.41, 5.74) is 3.53. The number of aromatic nitrogens is 5. The van der Waals surface area contributed by atoms with Crippen molar-refractivity contribution < 1.29 is 14.3 Å². The Morgan fingerprint density at radius 2 is 1.95 bits per heavy atom. The second-order valence-corrected chi connectivity index (χ2v) is 9.89. The Hall–Kier alpha value is -3.54. The zero-order valence-corrected chi connectivity index (χ0v) is 21.5. The van der Waals surface area contributed by atoms with Gasteiger partial charge in [0.1, 0.15) is 17.2 Å². The molecule has 11 heteroatoms. The van der Waals surface area contributed by atoms with E-state index in [-0.39, 0.29) is 30.2 Å². The molecule has 2 aromatic rings. The number of hydrogen-bond acceptors (Lipinski definition) is 8. The number of nitrogens with zero attached hydrogens (tertiary/aromatic N) is 6. The molecule has 4 aliphatic rings. The second-order valence-electron chi connectivity index (χ2n) is 9.89. The first-order valence-electron chi connectivity index (χ1n) is 12.6. The van der Waals surface area contributed by atoms with Crippen LogP contribution in [0, 0.1) is 0 Å². The summed E-state index contributed by atoms with van der Waals surface area (Å²) in [4.78, 5) is 25.1. The van der Waals surface area contributed by atoms with E-state index in [1.165, 1.54) is 0 Å². The third kappa shape index (κ3) is 3.94. The average Bonchev–Trinajstić information content (AvgIpc) is 3.62. The number of anilines is 1. The van der Waals surface area contributed by atoms with Crippen molar-refractivity contribution in [3.8, 4) is 22.6 Å². The van der Waals surface area contributed by atoms with Gasteiger partial charge in [-0.15, -0.1) is 0 Å². The van der Waals surface area contributed by atoms with Gasteiger partial charge < -0.3 is 29.6 Å². The number of nitrogens with one attached hydrogen (secondary N) is 2. The number of likely N-dealkylation sites (N-methyl/N-ethyl adjacent to an activating group) is 1. The van der Waals surface area contributed by atoms with E-state index in [2.05, 4.69) is 44.5 Å². The van der Waals surface area contributed by atoms with Gasteiger partial charge in [0.2, 0.25) is 0 Å². The molecular weight excluding hydrogens is 472 g/mol. The summed E-state index contributed by atoms with van der Waals surface area (Å²) in [6.45, 7) is 1.76. The van der Waals surface area contributed by atoms with Crippen LogP contribution in [0.5, 0.6) is 0 Å². The number of rotatable bonds is 7. The summed E-state index contributed by atoms with van der Waals surface area (Å²) in [7, 11) is 7.37. The maximum Gasteiger partial charge on any atom is 0.257 e. The number of carbonyl (C=O) groups excluding carboxylic acids is 1. The number of likely N-dealkylation sites (tertiary alicyclic amines) is 1. The van der Waals surface area contributed by atoms with Crippen molar-refractivity contribution in [3.63, 3.8) is 0 Å². The van der Waals surface area contributed by atoms with E-state index in [4.69, 9.17) is 19.4 Å². The molecule has 0 aromatic carbocycles. The van der Waals surface area contributed by atoms with Gasteiger partial charge in [-0.3, -0.25) is 4.79 Å². The minimum atomic E-state index is -0.201. The lowest BCUT2D eigenvalue weighted by Crippen LogP contribution is -2.51. The highest BCUT2D eigenvalue weighted by atomic mass is 16.5. The lowest BCUT2D eigenvalue weighted by atomic mass is 9.89. The zero-order chi connectivity index (χ0) is 25.7. The van der Waals surface area contributed by atoms with Crippen LogP contribution in [-0.2, 0) is 9.47 Å².